The van der Waals surface area contributed by atoms with E-state index in [4.69, 9.17) is 5.26 Å². The van der Waals surface area contributed by atoms with Gasteiger partial charge in [0.2, 0.25) is 0 Å². The van der Waals surface area contributed by atoms with Crippen molar-refractivity contribution in [3.8, 4) is 6.07 Å². The van der Waals surface area contributed by atoms with E-state index in [1.165, 1.54) is 38.6 Å². The van der Waals surface area contributed by atoms with Gasteiger partial charge in [0.1, 0.15) is 0 Å². The van der Waals surface area contributed by atoms with Gasteiger partial charge in [-0.3, -0.25) is 0 Å². The first-order chi connectivity index (χ1) is 8.98. The van der Waals surface area contributed by atoms with Crippen molar-refractivity contribution in [3.63, 3.8) is 0 Å². The van der Waals surface area contributed by atoms with Crippen molar-refractivity contribution in [2.24, 2.45) is 0 Å². The minimum Gasteiger partial charge on any atom is -0.309 e. The van der Waals surface area contributed by atoms with Gasteiger partial charge in [-0.1, -0.05) is 19.8 Å². The largest absolute Gasteiger partial charge is 0.309 e. The van der Waals surface area contributed by atoms with Gasteiger partial charge in [0, 0.05) is 12.0 Å². The monoisotopic (exact) mass is 267 g/mol. The van der Waals surface area contributed by atoms with Crippen molar-refractivity contribution in [3.05, 3.63) is 0 Å². The molecule has 0 N–H and O–H groups in total. The SMILES string of the molecule is CCCC(CCCC#N)(CCCCN(C)C)N(C)C. The highest BCUT2D eigenvalue weighted by Crippen LogP contribution is 2.31. The van der Waals surface area contributed by atoms with Crippen LogP contribution in [-0.4, -0.2) is 50.1 Å². The summed E-state index contributed by atoms with van der Waals surface area (Å²) < 4.78 is 0. The fraction of sp³-hybridized carbons (Fsp3) is 0.938. The zero-order valence-corrected chi connectivity index (χ0v) is 13.7. The molecule has 0 heterocycles. The average molecular weight is 267 g/mol. The van der Waals surface area contributed by atoms with Crippen LogP contribution in [-0.2, 0) is 0 Å². The summed E-state index contributed by atoms with van der Waals surface area (Å²) in [6.45, 7) is 3.44. The molecule has 0 saturated heterocycles. The van der Waals surface area contributed by atoms with Gasteiger partial charge in [-0.05, 0) is 66.8 Å². The van der Waals surface area contributed by atoms with Crippen LogP contribution in [0.3, 0.4) is 0 Å². The number of hydrogen-bond acceptors (Lipinski definition) is 3. The van der Waals surface area contributed by atoms with Crippen LogP contribution in [0.4, 0.5) is 0 Å². The topological polar surface area (TPSA) is 30.3 Å². The van der Waals surface area contributed by atoms with Crippen LogP contribution in [0.25, 0.3) is 0 Å². The highest BCUT2D eigenvalue weighted by atomic mass is 15.1. The molecule has 3 nitrogen and oxygen atoms in total. The lowest BCUT2D eigenvalue weighted by Crippen LogP contribution is -2.44. The van der Waals surface area contributed by atoms with Crippen LogP contribution >= 0.6 is 0 Å². The third-order valence-corrected chi connectivity index (χ3v) is 4.09. The second-order valence-corrected chi connectivity index (χ2v) is 6.14. The third kappa shape index (κ3) is 7.54. The summed E-state index contributed by atoms with van der Waals surface area (Å²) in [5.74, 6) is 0. The summed E-state index contributed by atoms with van der Waals surface area (Å²) in [5, 5.41) is 8.74. The second-order valence-electron chi connectivity index (χ2n) is 6.14. The number of unbranched alkanes of at least 4 members (excludes halogenated alkanes) is 2. The van der Waals surface area contributed by atoms with E-state index < -0.39 is 0 Å². The Balaban J connectivity index is 4.40. The van der Waals surface area contributed by atoms with Gasteiger partial charge < -0.3 is 9.80 Å². The Labute approximate surface area is 120 Å². The Hall–Kier alpha value is -0.590. The van der Waals surface area contributed by atoms with Crippen molar-refractivity contribution >= 4 is 0 Å². The number of nitriles is 1. The fourth-order valence-corrected chi connectivity index (χ4v) is 2.89. The number of hydrogen-bond donors (Lipinski definition) is 0. The van der Waals surface area contributed by atoms with Gasteiger partial charge in [0.15, 0.2) is 0 Å². The molecule has 0 aliphatic rings. The molecule has 0 spiro atoms. The standard InChI is InChI=1S/C16H33N3/c1-6-11-16(19(4)5,12-7-9-14-17)13-8-10-15-18(2)3/h6-13,15H2,1-5H3. The van der Waals surface area contributed by atoms with Crippen molar-refractivity contribution in [1.82, 2.24) is 9.80 Å². The molecule has 0 aliphatic heterocycles. The molecule has 0 radical (unpaired) electrons. The molecule has 0 fully saturated rings. The Kier molecular flexibility index (Phi) is 9.91. The lowest BCUT2D eigenvalue weighted by molar-refractivity contribution is 0.108. The molecule has 0 aromatic heterocycles. The molecular weight excluding hydrogens is 234 g/mol. The van der Waals surface area contributed by atoms with Gasteiger partial charge in [0.25, 0.3) is 0 Å². The van der Waals surface area contributed by atoms with E-state index in [2.05, 4.69) is 51.0 Å². The molecule has 0 aromatic rings. The number of nitrogens with zero attached hydrogens (tertiary/aromatic N) is 3. The normalized spacial score (nSPS) is 14.6. The van der Waals surface area contributed by atoms with Crippen LogP contribution in [0.15, 0.2) is 0 Å². The molecule has 0 aliphatic carbocycles. The first-order valence-corrected chi connectivity index (χ1v) is 7.67. The molecule has 1 unspecified atom stereocenters. The highest BCUT2D eigenvalue weighted by molar-refractivity contribution is 4.88. The first-order valence-electron chi connectivity index (χ1n) is 7.67. The summed E-state index contributed by atoms with van der Waals surface area (Å²) in [4.78, 5) is 4.66. The van der Waals surface area contributed by atoms with E-state index in [-0.39, 0.29) is 0 Å². The summed E-state index contributed by atoms with van der Waals surface area (Å²) in [5.41, 5.74) is 0.303. The van der Waals surface area contributed by atoms with Crippen LogP contribution < -0.4 is 0 Å². The zero-order chi connectivity index (χ0) is 14.7. The van der Waals surface area contributed by atoms with Crippen LogP contribution in [0.5, 0.6) is 0 Å². The van der Waals surface area contributed by atoms with Gasteiger partial charge in [-0.15, -0.1) is 0 Å². The average Bonchev–Trinajstić information content (AvgIpc) is 2.34. The molecule has 1 atom stereocenters. The lowest BCUT2D eigenvalue weighted by atomic mass is 9.82. The Morgan fingerprint density at radius 3 is 2.05 bits per heavy atom. The first kappa shape index (κ1) is 18.4. The zero-order valence-electron chi connectivity index (χ0n) is 13.7. The third-order valence-electron chi connectivity index (χ3n) is 4.09. The molecule has 0 rings (SSSR count). The van der Waals surface area contributed by atoms with Crippen LogP contribution in [0.1, 0.15) is 58.3 Å². The van der Waals surface area contributed by atoms with E-state index in [0.29, 0.717) is 12.0 Å². The van der Waals surface area contributed by atoms with Gasteiger partial charge in [0.05, 0.1) is 6.07 Å². The molecule has 19 heavy (non-hydrogen) atoms. The Bertz CT molecular complexity index is 255. The Morgan fingerprint density at radius 2 is 1.58 bits per heavy atom. The second kappa shape index (κ2) is 10.2. The summed E-state index contributed by atoms with van der Waals surface area (Å²) >= 11 is 0. The number of rotatable bonds is 11. The summed E-state index contributed by atoms with van der Waals surface area (Å²) in [7, 11) is 8.68. The summed E-state index contributed by atoms with van der Waals surface area (Å²) in [6, 6.07) is 2.28. The van der Waals surface area contributed by atoms with Gasteiger partial charge in [-0.25, -0.2) is 0 Å². The van der Waals surface area contributed by atoms with Crippen LogP contribution in [0.2, 0.25) is 0 Å². The van der Waals surface area contributed by atoms with Crippen molar-refractivity contribution in [2.45, 2.75) is 63.8 Å². The minimum atomic E-state index is 0.303. The predicted octanol–water partition coefficient (Wildman–Crippen LogP) is 3.51. The predicted molar refractivity (Wildman–Crippen MR) is 83.2 cm³/mol. The lowest BCUT2D eigenvalue weighted by Gasteiger charge is -2.40. The van der Waals surface area contributed by atoms with E-state index in [1.807, 2.05) is 0 Å². The van der Waals surface area contributed by atoms with Crippen molar-refractivity contribution in [2.75, 3.05) is 34.7 Å². The van der Waals surface area contributed by atoms with E-state index in [0.717, 1.165) is 12.8 Å². The van der Waals surface area contributed by atoms with Gasteiger partial charge >= 0.3 is 0 Å². The molecule has 0 aromatic carbocycles. The minimum absolute atomic E-state index is 0.303. The van der Waals surface area contributed by atoms with Crippen molar-refractivity contribution < 1.29 is 0 Å². The van der Waals surface area contributed by atoms with E-state index in [9.17, 15) is 0 Å². The highest BCUT2D eigenvalue weighted by Gasteiger charge is 2.30. The molecule has 0 amide bonds. The maximum absolute atomic E-state index is 8.74. The van der Waals surface area contributed by atoms with Crippen LogP contribution in [0, 0.1) is 11.3 Å². The van der Waals surface area contributed by atoms with Gasteiger partial charge in [-0.2, -0.15) is 5.26 Å². The molecule has 0 saturated carbocycles. The smallest absolute Gasteiger partial charge is 0.0621 e. The molecular formula is C16H33N3. The molecule has 112 valence electrons. The molecule has 0 bridgehead atoms. The summed E-state index contributed by atoms with van der Waals surface area (Å²) in [6.07, 6.45) is 9.15. The van der Waals surface area contributed by atoms with E-state index >= 15 is 0 Å². The fourth-order valence-electron chi connectivity index (χ4n) is 2.89. The quantitative estimate of drug-likeness (QED) is 0.537. The van der Waals surface area contributed by atoms with E-state index in [1.54, 1.807) is 0 Å². The maximum Gasteiger partial charge on any atom is 0.0621 e. The van der Waals surface area contributed by atoms with Crippen molar-refractivity contribution in [1.29, 1.82) is 5.26 Å². The Morgan fingerprint density at radius 1 is 0.947 bits per heavy atom. The maximum atomic E-state index is 8.74. The molecule has 3 heteroatoms.